The Morgan fingerprint density at radius 1 is 1.30 bits per heavy atom. The van der Waals surface area contributed by atoms with Crippen molar-refractivity contribution < 1.29 is 4.21 Å². The van der Waals surface area contributed by atoms with Crippen molar-refractivity contribution in [3.63, 3.8) is 0 Å². The molecule has 1 heterocycles. The van der Waals surface area contributed by atoms with E-state index in [0.717, 1.165) is 10.4 Å². The van der Waals surface area contributed by atoms with Crippen LogP contribution in [0.3, 0.4) is 0 Å². The Morgan fingerprint density at radius 2 is 1.95 bits per heavy atom. The molecule has 0 fully saturated rings. The summed E-state index contributed by atoms with van der Waals surface area (Å²) in [6.07, 6.45) is 1.74. The molecule has 1 aromatic heterocycles. The summed E-state index contributed by atoms with van der Waals surface area (Å²) in [5.41, 5.74) is 6.76. The summed E-state index contributed by atoms with van der Waals surface area (Å²) < 4.78 is 15.2. The first-order valence-electron chi connectivity index (χ1n) is 6.32. The molecule has 2 atom stereocenters. The molecule has 2 aromatic rings. The van der Waals surface area contributed by atoms with Crippen LogP contribution in [0.25, 0.3) is 0 Å². The van der Waals surface area contributed by atoms with Crippen LogP contribution in [0.2, 0.25) is 0 Å². The number of aromatic nitrogens is 1. The molecule has 0 radical (unpaired) electrons. The number of nitrogens with one attached hydrogen (secondary N) is 1. The highest BCUT2D eigenvalue weighted by atomic mass is 32.2. The number of nitrogens with two attached hydrogens (primary N) is 1. The Morgan fingerprint density at radius 3 is 2.45 bits per heavy atom. The smallest absolute Gasteiger partial charge is 0.180 e. The van der Waals surface area contributed by atoms with Gasteiger partial charge in [-0.15, -0.1) is 11.3 Å². The molecule has 0 amide bonds. The molecule has 0 saturated heterocycles. The zero-order valence-electron chi connectivity index (χ0n) is 11.8. The Kier molecular flexibility index (Phi) is 4.57. The molecule has 0 bridgehead atoms. The molecular formula is C14H19N3OS2. The van der Waals surface area contributed by atoms with Gasteiger partial charge in [-0.1, -0.05) is 30.3 Å². The van der Waals surface area contributed by atoms with Crippen LogP contribution in [0.4, 0.5) is 5.13 Å². The van der Waals surface area contributed by atoms with Gasteiger partial charge in [-0.05, 0) is 26.3 Å². The van der Waals surface area contributed by atoms with E-state index in [4.69, 9.17) is 5.73 Å². The number of benzene rings is 1. The second-order valence-electron chi connectivity index (χ2n) is 5.44. The van der Waals surface area contributed by atoms with Gasteiger partial charge in [-0.3, -0.25) is 0 Å². The Hall–Kier alpha value is -1.24. The molecule has 0 aliphatic rings. The summed E-state index contributed by atoms with van der Waals surface area (Å²) in [5, 5.41) is 0.518. The van der Waals surface area contributed by atoms with E-state index in [2.05, 4.69) is 9.71 Å². The van der Waals surface area contributed by atoms with Gasteiger partial charge in [0.1, 0.15) is 0 Å². The topological polar surface area (TPSA) is 68.0 Å². The predicted molar refractivity (Wildman–Crippen MR) is 85.8 cm³/mol. The second-order valence-corrected chi connectivity index (χ2v) is 8.54. The molecule has 4 nitrogen and oxygen atoms in total. The average molecular weight is 309 g/mol. The molecule has 20 heavy (non-hydrogen) atoms. The fourth-order valence-corrected chi connectivity index (χ4v) is 3.32. The SMILES string of the molecule is CC(C)(C)S(=O)N[C@@H](c1ccccc1)c1cnc(N)s1. The zero-order valence-corrected chi connectivity index (χ0v) is 13.4. The molecule has 3 N–H and O–H groups in total. The van der Waals surface area contributed by atoms with Crippen molar-refractivity contribution in [2.45, 2.75) is 31.6 Å². The number of rotatable bonds is 4. The molecule has 0 spiro atoms. The first kappa shape index (κ1) is 15.2. The third-order valence-electron chi connectivity index (χ3n) is 2.74. The number of thiazole rings is 1. The number of nitrogen functional groups attached to an aromatic ring is 1. The predicted octanol–water partition coefficient (Wildman–Crippen LogP) is 2.87. The maximum Gasteiger partial charge on any atom is 0.180 e. The van der Waals surface area contributed by atoms with Gasteiger partial charge in [0, 0.05) is 11.1 Å². The first-order valence-corrected chi connectivity index (χ1v) is 8.29. The highest BCUT2D eigenvalue weighted by Gasteiger charge is 2.25. The molecule has 1 unspecified atom stereocenters. The lowest BCUT2D eigenvalue weighted by Gasteiger charge is -2.23. The van der Waals surface area contributed by atoms with Crippen molar-refractivity contribution in [2.75, 3.05) is 5.73 Å². The fourth-order valence-electron chi connectivity index (χ4n) is 1.65. The molecular weight excluding hydrogens is 290 g/mol. The minimum absolute atomic E-state index is 0.161. The van der Waals surface area contributed by atoms with Crippen molar-refractivity contribution in [3.05, 3.63) is 47.0 Å². The summed E-state index contributed by atoms with van der Waals surface area (Å²) in [7, 11) is -1.17. The fraction of sp³-hybridized carbons (Fsp3) is 0.357. The molecule has 1 aromatic carbocycles. The van der Waals surface area contributed by atoms with Gasteiger partial charge in [0.05, 0.1) is 21.8 Å². The zero-order chi connectivity index (χ0) is 14.8. The third kappa shape index (κ3) is 3.65. The summed E-state index contributed by atoms with van der Waals surface area (Å²) in [6, 6.07) is 9.75. The van der Waals surface area contributed by atoms with Crippen LogP contribution < -0.4 is 10.5 Å². The number of hydrogen-bond acceptors (Lipinski definition) is 4. The average Bonchev–Trinajstić information content (AvgIpc) is 2.82. The van der Waals surface area contributed by atoms with Crippen molar-refractivity contribution in [1.29, 1.82) is 0 Å². The van der Waals surface area contributed by atoms with Crippen LogP contribution in [-0.2, 0) is 11.0 Å². The van der Waals surface area contributed by atoms with Gasteiger partial charge >= 0.3 is 0 Å². The maximum absolute atomic E-state index is 12.4. The number of anilines is 1. The monoisotopic (exact) mass is 309 g/mol. The summed E-state index contributed by atoms with van der Waals surface area (Å²) in [6.45, 7) is 5.83. The van der Waals surface area contributed by atoms with Gasteiger partial charge in [0.2, 0.25) is 0 Å². The van der Waals surface area contributed by atoms with Gasteiger partial charge in [-0.2, -0.15) is 0 Å². The van der Waals surface area contributed by atoms with Gasteiger partial charge in [0.15, 0.2) is 5.13 Å². The Labute approximate surface area is 126 Å². The second kappa shape index (κ2) is 6.03. The number of nitrogens with zero attached hydrogens (tertiary/aromatic N) is 1. The lowest BCUT2D eigenvalue weighted by molar-refractivity contribution is 0.625. The van der Waals surface area contributed by atoms with Crippen LogP contribution in [0.1, 0.15) is 37.3 Å². The van der Waals surface area contributed by atoms with Crippen LogP contribution in [0.15, 0.2) is 36.5 Å². The molecule has 0 saturated carbocycles. The maximum atomic E-state index is 12.4. The van der Waals surface area contributed by atoms with E-state index in [1.807, 2.05) is 51.1 Å². The summed E-state index contributed by atoms with van der Waals surface area (Å²) in [5.74, 6) is 0. The first-order chi connectivity index (χ1) is 9.38. The quantitative estimate of drug-likeness (QED) is 0.912. The van der Waals surface area contributed by atoms with Crippen molar-refractivity contribution in [3.8, 4) is 0 Å². The van der Waals surface area contributed by atoms with Crippen LogP contribution in [0.5, 0.6) is 0 Å². The largest absolute Gasteiger partial charge is 0.375 e. The van der Waals surface area contributed by atoms with Crippen LogP contribution in [-0.4, -0.2) is 13.9 Å². The highest BCUT2D eigenvalue weighted by molar-refractivity contribution is 7.84. The molecule has 6 heteroatoms. The van der Waals surface area contributed by atoms with E-state index < -0.39 is 11.0 Å². The van der Waals surface area contributed by atoms with Gasteiger partial charge < -0.3 is 5.73 Å². The van der Waals surface area contributed by atoms with Crippen LogP contribution in [0, 0.1) is 0 Å². The standard InChI is InChI=1S/C14H19N3OS2/c1-14(2,3)20(18)17-12(10-7-5-4-6-8-10)11-9-16-13(15)19-11/h4-9,12,17H,1-3H3,(H2,15,16)/t12-,20?/m0/s1. The van der Waals surface area contributed by atoms with E-state index in [1.165, 1.54) is 11.3 Å². The molecule has 0 aliphatic carbocycles. The van der Waals surface area contributed by atoms with E-state index in [-0.39, 0.29) is 10.8 Å². The Bertz CT molecular complexity index is 590. The van der Waals surface area contributed by atoms with Crippen molar-refractivity contribution in [2.24, 2.45) is 0 Å². The lowest BCUT2D eigenvalue weighted by atomic mass is 10.1. The van der Waals surface area contributed by atoms with E-state index >= 15 is 0 Å². The van der Waals surface area contributed by atoms with Gasteiger partial charge in [0.25, 0.3) is 0 Å². The molecule has 108 valence electrons. The number of hydrogen-bond donors (Lipinski definition) is 2. The van der Waals surface area contributed by atoms with E-state index in [9.17, 15) is 4.21 Å². The summed E-state index contributed by atoms with van der Waals surface area (Å²) in [4.78, 5) is 5.05. The highest BCUT2D eigenvalue weighted by Crippen LogP contribution is 2.29. The summed E-state index contributed by atoms with van der Waals surface area (Å²) >= 11 is 1.41. The van der Waals surface area contributed by atoms with E-state index in [1.54, 1.807) is 6.20 Å². The minimum Gasteiger partial charge on any atom is -0.375 e. The minimum atomic E-state index is -1.17. The Balaban J connectivity index is 2.33. The molecule has 0 aliphatic heterocycles. The molecule has 2 rings (SSSR count). The van der Waals surface area contributed by atoms with E-state index in [0.29, 0.717) is 5.13 Å². The van der Waals surface area contributed by atoms with Crippen molar-refractivity contribution in [1.82, 2.24) is 9.71 Å². The van der Waals surface area contributed by atoms with Crippen LogP contribution >= 0.6 is 11.3 Å². The third-order valence-corrected chi connectivity index (χ3v) is 5.19. The van der Waals surface area contributed by atoms with Crippen molar-refractivity contribution >= 4 is 27.5 Å². The lowest BCUT2D eigenvalue weighted by Crippen LogP contribution is -2.35. The normalized spacial score (nSPS) is 14.9. The van der Waals surface area contributed by atoms with Gasteiger partial charge in [-0.25, -0.2) is 13.9 Å².